The van der Waals surface area contributed by atoms with Crippen molar-refractivity contribution < 1.29 is 43.1 Å². The van der Waals surface area contributed by atoms with Crippen molar-refractivity contribution in [2.75, 3.05) is 6.54 Å². The van der Waals surface area contributed by atoms with E-state index in [1.165, 1.54) is 0 Å². The van der Waals surface area contributed by atoms with Crippen LogP contribution in [0.3, 0.4) is 0 Å². The number of benzene rings is 1. The number of carbonyl (C=O) groups excluding carboxylic acids is 5. The van der Waals surface area contributed by atoms with Crippen LogP contribution in [0, 0.1) is 0 Å². The molecule has 214 valence electrons. The molecule has 0 aromatic heterocycles. The smallest absolute Gasteiger partial charge is 0.437 e. The number of hydrogen-bond donors (Lipinski definition) is 0. The van der Waals surface area contributed by atoms with Gasteiger partial charge in [0.05, 0.1) is 6.04 Å². The zero-order valence-corrected chi connectivity index (χ0v) is 23.7. The average molecular weight is 609 g/mol. The van der Waals surface area contributed by atoms with E-state index in [4.69, 9.17) is 54.0 Å². The number of imide groups is 1. The molecule has 2 atom stereocenters. The first-order chi connectivity index (χ1) is 18.1. The maximum atomic E-state index is 13.2. The Hall–Kier alpha value is -2.80. The van der Waals surface area contributed by atoms with Gasteiger partial charge in [-0.2, -0.15) is 5.06 Å². The van der Waals surface area contributed by atoms with Gasteiger partial charge in [-0.1, -0.05) is 30.3 Å². The molecule has 0 aliphatic carbocycles. The third kappa shape index (κ3) is 8.85. The van der Waals surface area contributed by atoms with Crippen molar-refractivity contribution in [1.82, 2.24) is 15.0 Å². The van der Waals surface area contributed by atoms with Crippen LogP contribution in [0.25, 0.3) is 0 Å². The van der Waals surface area contributed by atoms with E-state index in [0.717, 1.165) is 9.96 Å². The Bertz CT molecular complexity index is 1080. The van der Waals surface area contributed by atoms with E-state index >= 15 is 0 Å². The summed E-state index contributed by atoms with van der Waals surface area (Å²) < 4.78 is 7.92. The van der Waals surface area contributed by atoms with Gasteiger partial charge < -0.3 is 14.3 Å². The Kier molecular flexibility index (Phi) is 9.92. The van der Waals surface area contributed by atoms with Gasteiger partial charge in [0.2, 0.25) is 0 Å². The first kappa shape index (κ1) is 30.7. The van der Waals surface area contributed by atoms with E-state index in [0.29, 0.717) is 10.6 Å². The number of likely N-dealkylation sites (tertiary alicyclic amines) is 1. The molecule has 2 heterocycles. The highest BCUT2D eigenvalue weighted by Gasteiger charge is 2.45. The zero-order chi connectivity index (χ0) is 29.0. The summed E-state index contributed by atoms with van der Waals surface area (Å²) in [4.78, 5) is 74.8. The molecule has 2 fully saturated rings. The number of ether oxygens (including phenoxy) is 2. The van der Waals surface area contributed by atoms with E-state index in [-0.39, 0.29) is 38.8 Å². The lowest BCUT2D eigenvalue weighted by Crippen LogP contribution is -2.59. The number of piperidine rings is 1. The second-order valence-corrected chi connectivity index (χ2v) is 11.9. The van der Waals surface area contributed by atoms with Gasteiger partial charge in [-0.25, -0.2) is 14.4 Å². The standard InChI is InChI=1S/C24H28Cl3N3O9/c1-23(2,3)37-21(34)28-13-16(9-10-17(28)20(33)39-30-18(31)11-12-19(30)32)29(22(35)38-24(25,26)27)36-14-15-7-5-4-6-8-15/h4-8,16-17H,9-14H2,1-3H3/t16-,17+/m1/s1. The molecule has 15 heteroatoms. The van der Waals surface area contributed by atoms with Gasteiger partial charge in [-0.15, -0.1) is 5.06 Å². The van der Waals surface area contributed by atoms with Gasteiger partial charge in [-0.05, 0) is 74.0 Å². The number of alkyl halides is 3. The first-order valence-electron chi connectivity index (χ1n) is 12.0. The molecule has 0 N–H and O–H groups in total. The lowest BCUT2D eigenvalue weighted by atomic mass is 9.98. The number of hydroxylamine groups is 4. The first-order valence-corrected chi connectivity index (χ1v) is 13.1. The fraction of sp³-hybridized carbons (Fsp3) is 0.542. The third-order valence-electron chi connectivity index (χ3n) is 5.57. The highest BCUT2D eigenvalue weighted by Crippen LogP contribution is 2.31. The van der Waals surface area contributed by atoms with Gasteiger partial charge in [0.15, 0.2) is 0 Å². The molecule has 0 bridgehead atoms. The van der Waals surface area contributed by atoms with Gasteiger partial charge in [0, 0.05) is 19.4 Å². The van der Waals surface area contributed by atoms with Crippen LogP contribution in [0.5, 0.6) is 0 Å². The number of amides is 4. The minimum absolute atomic E-state index is 0.0504. The molecule has 3 rings (SSSR count). The van der Waals surface area contributed by atoms with E-state index in [1.807, 2.05) is 0 Å². The highest BCUT2D eigenvalue weighted by molar-refractivity contribution is 6.66. The molecular weight excluding hydrogens is 581 g/mol. The quantitative estimate of drug-likeness (QED) is 0.264. The summed E-state index contributed by atoms with van der Waals surface area (Å²) in [6.45, 7) is 4.56. The number of carbonyl (C=O) groups is 5. The van der Waals surface area contributed by atoms with Crippen LogP contribution in [-0.4, -0.2) is 73.2 Å². The Labute approximate surface area is 239 Å². The minimum atomic E-state index is -2.40. The molecule has 0 radical (unpaired) electrons. The van der Waals surface area contributed by atoms with Crippen molar-refractivity contribution in [3.05, 3.63) is 35.9 Å². The van der Waals surface area contributed by atoms with Crippen molar-refractivity contribution in [2.45, 2.75) is 74.7 Å². The van der Waals surface area contributed by atoms with Gasteiger partial charge in [0.1, 0.15) is 18.2 Å². The van der Waals surface area contributed by atoms with Crippen molar-refractivity contribution >= 4 is 64.8 Å². The summed E-state index contributed by atoms with van der Waals surface area (Å²) in [6, 6.07) is 6.77. The van der Waals surface area contributed by atoms with E-state index in [9.17, 15) is 24.0 Å². The normalized spacial score (nSPS) is 20.1. The Morgan fingerprint density at radius 1 is 0.974 bits per heavy atom. The number of hydrogen-bond acceptors (Lipinski definition) is 9. The van der Waals surface area contributed by atoms with Crippen molar-refractivity contribution in [2.24, 2.45) is 0 Å². The molecule has 0 spiro atoms. The van der Waals surface area contributed by atoms with Crippen LogP contribution in [0.4, 0.5) is 9.59 Å². The van der Waals surface area contributed by atoms with E-state index in [2.05, 4.69) is 0 Å². The zero-order valence-electron chi connectivity index (χ0n) is 21.4. The fourth-order valence-electron chi connectivity index (χ4n) is 3.89. The summed E-state index contributed by atoms with van der Waals surface area (Å²) in [7, 11) is 0. The van der Waals surface area contributed by atoms with Crippen LogP contribution >= 0.6 is 34.8 Å². The average Bonchev–Trinajstić information content (AvgIpc) is 3.14. The van der Waals surface area contributed by atoms with Gasteiger partial charge in [-0.3, -0.25) is 19.3 Å². The monoisotopic (exact) mass is 607 g/mol. The molecule has 1 aromatic carbocycles. The lowest BCUT2D eigenvalue weighted by Gasteiger charge is -2.41. The van der Waals surface area contributed by atoms with Crippen LogP contribution < -0.4 is 0 Å². The van der Waals surface area contributed by atoms with Crippen molar-refractivity contribution in [3.63, 3.8) is 0 Å². The predicted molar refractivity (Wildman–Crippen MR) is 137 cm³/mol. The number of halogens is 3. The Morgan fingerprint density at radius 2 is 1.59 bits per heavy atom. The lowest BCUT2D eigenvalue weighted by molar-refractivity contribution is -0.205. The largest absolute Gasteiger partial charge is 0.444 e. The van der Waals surface area contributed by atoms with Crippen LogP contribution in [0.2, 0.25) is 0 Å². The summed E-state index contributed by atoms with van der Waals surface area (Å²) in [6.07, 6.45) is -2.17. The van der Waals surface area contributed by atoms with E-state index in [1.54, 1.807) is 51.1 Å². The minimum Gasteiger partial charge on any atom is -0.444 e. The highest BCUT2D eigenvalue weighted by atomic mass is 35.6. The molecule has 4 amide bonds. The maximum Gasteiger partial charge on any atom is 0.437 e. The second-order valence-electron chi connectivity index (χ2n) is 9.77. The van der Waals surface area contributed by atoms with E-state index < -0.39 is 51.6 Å². The fourth-order valence-corrected chi connectivity index (χ4v) is 4.09. The number of rotatable bonds is 6. The van der Waals surface area contributed by atoms with Crippen molar-refractivity contribution in [1.29, 1.82) is 0 Å². The van der Waals surface area contributed by atoms with Gasteiger partial charge in [0.25, 0.3) is 11.8 Å². The Balaban J connectivity index is 1.84. The topological polar surface area (TPSA) is 132 Å². The molecule has 2 saturated heterocycles. The molecule has 1 aromatic rings. The van der Waals surface area contributed by atoms with Crippen LogP contribution in [-0.2, 0) is 40.1 Å². The summed E-state index contributed by atoms with van der Waals surface area (Å²) in [5.74, 6) is -2.34. The maximum absolute atomic E-state index is 13.2. The molecule has 0 saturated carbocycles. The molecule has 12 nitrogen and oxygen atoms in total. The van der Waals surface area contributed by atoms with Crippen LogP contribution in [0.15, 0.2) is 30.3 Å². The summed E-state index contributed by atoms with van der Waals surface area (Å²) in [5, 5.41) is 1.23. The molecule has 0 unspecified atom stereocenters. The van der Waals surface area contributed by atoms with Gasteiger partial charge >= 0.3 is 22.1 Å². The molecule has 2 aliphatic heterocycles. The molecule has 39 heavy (non-hydrogen) atoms. The molecular formula is C24H28Cl3N3O9. The summed E-state index contributed by atoms with van der Waals surface area (Å²) >= 11 is 16.9. The second kappa shape index (κ2) is 12.6. The molecule has 2 aliphatic rings. The SMILES string of the molecule is CC(C)(C)OC(=O)N1C[C@H](N(OCc2ccccc2)C(=O)OC(Cl)(Cl)Cl)CC[C@H]1C(=O)ON1C(=O)CCC1=O. The van der Waals surface area contributed by atoms with Crippen LogP contribution in [0.1, 0.15) is 52.0 Å². The third-order valence-corrected chi connectivity index (χ3v) is 5.80. The van der Waals surface area contributed by atoms with Crippen molar-refractivity contribution in [3.8, 4) is 0 Å². The Morgan fingerprint density at radius 3 is 2.15 bits per heavy atom. The predicted octanol–water partition coefficient (Wildman–Crippen LogP) is 4.26. The summed E-state index contributed by atoms with van der Waals surface area (Å²) in [5.41, 5.74) is -0.220. The number of nitrogens with zero attached hydrogens (tertiary/aromatic N) is 3.